The van der Waals surface area contributed by atoms with Gasteiger partial charge in [0.2, 0.25) is 5.91 Å². The van der Waals surface area contributed by atoms with Gasteiger partial charge in [-0.25, -0.2) is 0 Å². The average molecular weight is 265 g/mol. The van der Waals surface area contributed by atoms with Gasteiger partial charge in [0.15, 0.2) is 0 Å². The van der Waals surface area contributed by atoms with Crippen LogP contribution in [0, 0.1) is 6.92 Å². The van der Waals surface area contributed by atoms with Crippen LogP contribution in [0.25, 0.3) is 0 Å². The van der Waals surface area contributed by atoms with E-state index in [1.54, 1.807) is 11.8 Å². The van der Waals surface area contributed by atoms with Crippen molar-refractivity contribution in [3.05, 3.63) is 29.8 Å². The number of thioether (sulfide) groups is 1. The molecule has 3 heteroatoms. The van der Waals surface area contributed by atoms with Crippen LogP contribution >= 0.6 is 11.8 Å². The Labute approximate surface area is 115 Å². The van der Waals surface area contributed by atoms with Gasteiger partial charge in [-0.05, 0) is 25.5 Å². The van der Waals surface area contributed by atoms with Gasteiger partial charge in [-0.15, -0.1) is 11.8 Å². The van der Waals surface area contributed by atoms with E-state index in [0.29, 0.717) is 6.42 Å². The lowest BCUT2D eigenvalue weighted by atomic mass is 10.2. The van der Waals surface area contributed by atoms with Crippen molar-refractivity contribution in [3.63, 3.8) is 0 Å². The number of carbonyl (C=O) groups excluding carboxylic acids is 1. The maximum Gasteiger partial charge on any atom is 0.220 e. The Hall–Kier alpha value is -0.960. The van der Waals surface area contributed by atoms with E-state index in [4.69, 9.17) is 0 Å². The molecule has 1 aromatic rings. The minimum Gasteiger partial charge on any atom is -0.356 e. The number of unbranched alkanes of at least 4 members (excludes halogenated alkanes) is 2. The fraction of sp³-hybridized carbons (Fsp3) is 0.533. The van der Waals surface area contributed by atoms with Crippen molar-refractivity contribution in [2.45, 2.75) is 44.4 Å². The second kappa shape index (κ2) is 9.03. The molecular formula is C15H23NOS. The third-order valence-corrected chi connectivity index (χ3v) is 3.74. The minimum absolute atomic E-state index is 0.172. The summed E-state index contributed by atoms with van der Waals surface area (Å²) in [5.41, 5.74) is 1.27. The maximum absolute atomic E-state index is 11.5. The van der Waals surface area contributed by atoms with Gasteiger partial charge in [0.1, 0.15) is 0 Å². The van der Waals surface area contributed by atoms with Gasteiger partial charge < -0.3 is 5.32 Å². The zero-order chi connectivity index (χ0) is 13.2. The van der Waals surface area contributed by atoms with E-state index in [-0.39, 0.29) is 5.91 Å². The number of hydrogen-bond donors (Lipinski definition) is 1. The quantitative estimate of drug-likeness (QED) is 0.572. The Kier molecular flexibility index (Phi) is 7.58. The third-order valence-electron chi connectivity index (χ3n) is 2.72. The molecule has 0 radical (unpaired) electrons. The van der Waals surface area contributed by atoms with Gasteiger partial charge >= 0.3 is 0 Å². The van der Waals surface area contributed by atoms with Crippen LogP contribution in [-0.2, 0) is 4.79 Å². The number of benzene rings is 1. The second-order valence-corrected chi connectivity index (χ2v) is 5.64. The summed E-state index contributed by atoms with van der Waals surface area (Å²) in [5.74, 6) is 1.02. The normalized spacial score (nSPS) is 10.3. The highest BCUT2D eigenvalue weighted by Crippen LogP contribution is 2.18. The smallest absolute Gasteiger partial charge is 0.220 e. The van der Waals surface area contributed by atoms with Crippen molar-refractivity contribution in [3.8, 4) is 0 Å². The Balaban J connectivity index is 2.10. The first-order chi connectivity index (χ1) is 8.72. The topological polar surface area (TPSA) is 29.1 Å². The molecule has 1 rings (SSSR count). The van der Waals surface area contributed by atoms with E-state index in [0.717, 1.165) is 18.7 Å². The molecule has 1 aromatic carbocycles. The van der Waals surface area contributed by atoms with Crippen molar-refractivity contribution >= 4 is 17.7 Å². The molecule has 18 heavy (non-hydrogen) atoms. The fourth-order valence-electron chi connectivity index (χ4n) is 1.59. The summed E-state index contributed by atoms with van der Waals surface area (Å²) in [4.78, 5) is 12.8. The van der Waals surface area contributed by atoms with Crippen LogP contribution in [0.1, 0.15) is 38.2 Å². The van der Waals surface area contributed by atoms with Crippen LogP contribution in [0.2, 0.25) is 0 Å². The SMILES string of the molecule is CCCCCNC(=O)CCSc1ccc(C)cc1. The maximum atomic E-state index is 11.5. The number of nitrogens with one attached hydrogen (secondary N) is 1. The van der Waals surface area contributed by atoms with Crippen LogP contribution in [0.4, 0.5) is 0 Å². The lowest BCUT2D eigenvalue weighted by Crippen LogP contribution is -2.24. The summed E-state index contributed by atoms with van der Waals surface area (Å²) < 4.78 is 0. The van der Waals surface area contributed by atoms with Crippen molar-refractivity contribution in [1.82, 2.24) is 5.32 Å². The molecule has 0 saturated heterocycles. The summed E-state index contributed by atoms with van der Waals surface area (Å²) in [6.45, 7) is 5.07. The molecule has 100 valence electrons. The van der Waals surface area contributed by atoms with E-state index in [1.165, 1.54) is 23.3 Å². The lowest BCUT2D eigenvalue weighted by Gasteiger charge is -2.05. The first kappa shape index (κ1) is 15.1. The molecule has 0 heterocycles. The van der Waals surface area contributed by atoms with Gasteiger partial charge in [-0.2, -0.15) is 0 Å². The monoisotopic (exact) mass is 265 g/mol. The molecule has 0 aliphatic carbocycles. The molecule has 2 nitrogen and oxygen atoms in total. The Morgan fingerprint density at radius 1 is 1.22 bits per heavy atom. The number of amides is 1. The largest absolute Gasteiger partial charge is 0.356 e. The van der Waals surface area contributed by atoms with E-state index in [2.05, 4.69) is 43.4 Å². The number of carbonyl (C=O) groups is 1. The second-order valence-electron chi connectivity index (χ2n) is 4.47. The zero-order valence-corrected chi connectivity index (χ0v) is 12.2. The van der Waals surface area contributed by atoms with Gasteiger partial charge in [-0.3, -0.25) is 4.79 Å². The number of rotatable bonds is 8. The van der Waals surface area contributed by atoms with Gasteiger partial charge in [0, 0.05) is 23.6 Å². The predicted octanol–water partition coefficient (Wildman–Crippen LogP) is 3.78. The molecule has 0 saturated carbocycles. The number of hydrogen-bond acceptors (Lipinski definition) is 2. The Morgan fingerprint density at radius 2 is 1.94 bits per heavy atom. The molecule has 0 unspecified atom stereocenters. The predicted molar refractivity (Wildman–Crippen MR) is 79.1 cm³/mol. The summed E-state index contributed by atoms with van der Waals surface area (Å²) in [7, 11) is 0. The Morgan fingerprint density at radius 3 is 2.61 bits per heavy atom. The van der Waals surface area contributed by atoms with Gasteiger partial charge in [0.05, 0.1) is 0 Å². The lowest BCUT2D eigenvalue weighted by molar-refractivity contribution is -0.120. The molecule has 1 amide bonds. The first-order valence-corrected chi connectivity index (χ1v) is 7.67. The zero-order valence-electron chi connectivity index (χ0n) is 11.4. The minimum atomic E-state index is 0.172. The van der Waals surface area contributed by atoms with Crippen molar-refractivity contribution < 1.29 is 4.79 Å². The van der Waals surface area contributed by atoms with Crippen LogP contribution in [-0.4, -0.2) is 18.2 Å². The molecule has 0 fully saturated rings. The van der Waals surface area contributed by atoms with Crippen molar-refractivity contribution in [2.75, 3.05) is 12.3 Å². The van der Waals surface area contributed by atoms with E-state index < -0.39 is 0 Å². The van der Waals surface area contributed by atoms with Crippen LogP contribution in [0.5, 0.6) is 0 Å². The fourth-order valence-corrected chi connectivity index (χ4v) is 2.44. The molecule has 0 atom stereocenters. The summed E-state index contributed by atoms with van der Waals surface area (Å²) in [6.07, 6.45) is 4.08. The summed E-state index contributed by atoms with van der Waals surface area (Å²) in [5, 5.41) is 2.96. The highest BCUT2D eigenvalue weighted by molar-refractivity contribution is 7.99. The number of aryl methyl sites for hydroxylation is 1. The van der Waals surface area contributed by atoms with Crippen LogP contribution in [0.15, 0.2) is 29.2 Å². The van der Waals surface area contributed by atoms with Crippen LogP contribution < -0.4 is 5.32 Å². The highest BCUT2D eigenvalue weighted by atomic mass is 32.2. The van der Waals surface area contributed by atoms with Gasteiger partial charge in [-0.1, -0.05) is 37.5 Å². The molecule has 0 aliphatic heterocycles. The molecule has 0 bridgehead atoms. The van der Waals surface area contributed by atoms with E-state index >= 15 is 0 Å². The van der Waals surface area contributed by atoms with E-state index in [1.807, 2.05) is 0 Å². The molecule has 0 spiro atoms. The van der Waals surface area contributed by atoms with E-state index in [9.17, 15) is 4.79 Å². The summed E-state index contributed by atoms with van der Waals surface area (Å²) >= 11 is 1.74. The molecule has 0 aliphatic rings. The first-order valence-electron chi connectivity index (χ1n) is 6.68. The summed E-state index contributed by atoms with van der Waals surface area (Å²) in [6, 6.07) is 8.43. The van der Waals surface area contributed by atoms with Crippen molar-refractivity contribution in [1.29, 1.82) is 0 Å². The van der Waals surface area contributed by atoms with Gasteiger partial charge in [0.25, 0.3) is 0 Å². The average Bonchev–Trinajstić information content (AvgIpc) is 2.37. The Bertz CT molecular complexity index is 348. The van der Waals surface area contributed by atoms with Crippen molar-refractivity contribution in [2.24, 2.45) is 0 Å². The standard InChI is InChI=1S/C15H23NOS/c1-3-4-5-11-16-15(17)10-12-18-14-8-6-13(2)7-9-14/h6-9H,3-5,10-12H2,1-2H3,(H,16,17). The molecular weight excluding hydrogens is 242 g/mol. The molecule has 1 N–H and O–H groups in total. The van der Waals surface area contributed by atoms with Crippen LogP contribution in [0.3, 0.4) is 0 Å². The third kappa shape index (κ3) is 6.70. The molecule has 0 aromatic heterocycles. The highest BCUT2D eigenvalue weighted by Gasteiger charge is 2.01.